The van der Waals surface area contributed by atoms with E-state index in [4.69, 9.17) is 22.1 Å². The Labute approximate surface area is 161 Å². The number of carbonyl (C=O) groups excluding carboxylic acids is 2. The maximum Gasteiger partial charge on any atom is 0.312 e. The highest BCUT2D eigenvalue weighted by atomic mass is 35.5. The zero-order valence-electron chi connectivity index (χ0n) is 14.6. The highest BCUT2D eigenvalue weighted by Gasteiger charge is 2.09. The molecule has 0 aliphatic carbocycles. The lowest BCUT2D eigenvalue weighted by Gasteiger charge is -2.08. The maximum atomic E-state index is 11.8. The molecule has 1 heterocycles. The van der Waals surface area contributed by atoms with E-state index in [1.807, 2.05) is 30.5 Å². The summed E-state index contributed by atoms with van der Waals surface area (Å²) in [5, 5.41) is 3.81. The summed E-state index contributed by atoms with van der Waals surface area (Å²) >= 11 is 7.86. The van der Waals surface area contributed by atoms with Gasteiger partial charge in [0.05, 0.1) is 5.52 Å². The molecule has 140 valence electrons. The molecule has 0 radical (unpaired) electrons. The van der Waals surface area contributed by atoms with Crippen molar-refractivity contribution in [3.05, 3.63) is 35.0 Å². The number of pyridine rings is 1. The number of nitrogens with zero attached hydrogens (tertiary/aromatic N) is 1. The van der Waals surface area contributed by atoms with Gasteiger partial charge in [-0.3, -0.25) is 4.79 Å². The number of amides is 2. The molecule has 0 aliphatic rings. The van der Waals surface area contributed by atoms with Crippen LogP contribution in [0, 0.1) is 0 Å². The van der Waals surface area contributed by atoms with Gasteiger partial charge < -0.3 is 15.8 Å². The average Bonchev–Trinajstić information content (AvgIpc) is 2.62. The summed E-state index contributed by atoms with van der Waals surface area (Å²) in [6.45, 7) is 0.620. The van der Waals surface area contributed by atoms with Gasteiger partial charge in [0.2, 0.25) is 0 Å². The fourth-order valence-corrected chi connectivity index (χ4v) is 3.04. The van der Waals surface area contributed by atoms with Crippen LogP contribution in [0.4, 0.5) is 4.79 Å². The van der Waals surface area contributed by atoms with Crippen LogP contribution in [0.5, 0.6) is 0 Å². The number of nitrogens with two attached hydrogens (primary N) is 1. The van der Waals surface area contributed by atoms with Crippen molar-refractivity contribution in [2.75, 3.05) is 12.8 Å². The van der Waals surface area contributed by atoms with E-state index in [9.17, 15) is 9.59 Å². The number of aromatic nitrogens is 1. The quantitative estimate of drug-likeness (QED) is 0.291. The number of nitrogens with one attached hydrogen (secondary N) is 1. The van der Waals surface area contributed by atoms with Crippen molar-refractivity contribution in [1.29, 1.82) is 0 Å². The Hall–Kier alpha value is -1.99. The number of benzene rings is 1. The first kappa shape index (κ1) is 20.3. The summed E-state index contributed by atoms with van der Waals surface area (Å²) < 4.78 is 5.29. The number of primary amides is 1. The van der Waals surface area contributed by atoms with E-state index in [0.717, 1.165) is 28.6 Å². The van der Waals surface area contributed by atoms with Gasteiger partial charge in [-0.15, -0.1) is 11.8 Å². The molecule has 0 atom stereocenters. The largest absolute Gasteiger partial charge is 0.461 e. The van der Waals surface area contributed by atoms with Crippen molar-refractivity contribution in [3.8, 4) is 0 Å². The van der Waals surface area contributed by atoms with Crippen molar-refractivity contribution in [1.82, 2.24) is 10.3 Å². The second-order valence-corrected chi connectivity index (χ2v) is 7.00. The number of ether oxygens (including phenoxy) is 1. The Morgan fingerprint density at radius 3 is 2.81 bits per heavy atom. The number of halogens is 1. The molecule has 1 aromatic heterocycles. The number of unbranched alkanes of at least 4 members (excludes halogenated alkanes) is 2. The molecule has 2 rings (SSSR count). The zero-order chi connectivity index (χ0) is 18.9. The minimum absolute atomic E-state index is 0.105. The van der Waals surface area contributed by atoms with E-state index < -0.39 is 6.03 Å². The fourth-order valence-electron chi connectivity index (χ4n) is 2.41. The van der Waals surface area contributed by atoms with Crippen molar-refractivity contribution in [2.24, 2.45) is 5.73 Å². The van der Waals surface area contributed by atoms with E-state index >= 15 is 0 Å². The third kappa shape index (κ3) is 6.38. The van der Waals surface area contributed by atoms with Crippen LogP contribution in [0.1, 0.15) is 31.2 Å². The van der Waals surface area contributed by atoms with Crippen LogP contribution in [-0.2, 0) is 16.1 Å². The van der Waals surface area contributed by atoms with Crippen molar-refractivity contribution < 1.29 is 14.3 Å². The predicted molar refractivity (Wildman–Crippen MR) is 104 cm³/mol. The second kappa shape index (κ2) is 10.2. The number of fused-ring (bicyclic) bond motifs is 1. The number of urea groups is 1. The van der Waals surface area contributed by atoms with E-state index in [1.165, 1.54) is 0 Å². The van der Waals surface area contributed by atoms with E-state index in [1.54, 1.807) is 11.8 Å². The van der Waals surface area contributed by atoms with Crippen LogP contribution in [0.2, 0.25) is 5.15 Å². The fraction of sp³-hybridized carbons (Fsp3) is 0.389. The van der Waals surface area contributed by atoms with Crippen LogP contribution in [0.3, 0.4) is 0 Å². The normalized spacial score (nSPS) is 10.7. The van der Waals surface area contributed by atoms with E-state index in [-0.39, 0.29) is 12.6 Å². The first-order valence-corrected chi connectivity index (χ1v) is 9.92. The molecule has 0 saturated heterocycles. The van der Waals surface area contributed by atoms with Gasteiger partial charge in [0.1, 0.15) is 11.8 Å². The van der Waals surface area contributed by atoms with Gasteiger partial charge in [-0.05, 0) is 37.3 Å². The number of esters is 1. The Morgan fingerprint density at radius 2 is 2.08 bits per heavy atom. The van der Waals surface area contributed by atoms with Gasteiger partial charge in [-0.25, -0.2) is 9.78 Å². The lowest BCUT2D eigenvalue weighted by molar-refractivity contribution is -0.145. The molecule has 2 aromatic rings. The molecule has 0 spiro atoms. The van der Waals surface area contributed by atoms with Gasteiger partial charge in [0.15, 0.2) is 0 Å². The molecular weight excluding hydrogens is 374 g/mol. The number of hydrogen-bond donors (Lipinski definition) is 2. The Balaban J connectivity index is 1.80. The number of hydrogen-bond acceptors (Lipinski definition) is 5. The van der Waals surface area contributed by atoms with Gasteiger partial charge >= 0.3 is 12.0 Å². The molecule has 0 aliphatic heterocycles. The smallest absolute Gasteiger partial charge is 0.312 e. The maximum absolute atomic E-state index is 11.8. The summed E-state index contributed by atoms with van der Waals surface area (Å²) in [5.74, 6) is -0.276. The third-order valence-corrected chi connectivity index (χ3v) is 4.85. The minimum Gasteiger partial charge on any atom is -0.461 e. The number of rotatable bonds is 9. The molecule has 26 heavy (non-hydrogen) atoms. The average molecular weight is 396 g/mol. The molecule has 0 unspecified atom stereocenters. The SMILES string of the molecule is CSc1ccc2cc(COC(=O)CCCCCNC(N)=O)c(Cl)nc2c1. The number of thioether (sulfide) groups is 1. The lowest BCUT2D eigenvalue weighted by atomic mass is 10.1. The summed E-state index contributed by atoms with van der Waals surface area (Å²) in [7, 11) is 0. The van der Waals surface area contributed by atoms with Gasteiger partial charge in [-0.2, -0.15) is 0 Å². The van der Waals surface area contributed by atoms with Gasteiger partial charge in [0, 0.05) is 28.8 Å². The molecule has 6 nitrogen and oxygen atoms in total. The first-order chi connectivity index (χ1) is 12.5. The topological polar surface area (TPSA) is 94.3 Å². The molecule has 2 amide bonds. The molecule has 3 N–H and O–H groups in total. The van der Waals surface area contributed by atoms with E-state index in [2.05, 4.69) is 10.3 Å². The summed E-state index contributed by atoms with van der Waals surface area (Å²) in [6.07, 6.45) is 4.61. The molecule has 0 saturated carbocycles. The molecule has 0 bridgehead atoms. The van der Waals surface area contributed by atoms with Crippen LogP contribution in [0.15, 0.2) is 29.2 Å². The molecule has 0 fully saturated rings. The van der Waals surface area contributed by atoms with Crippen LogP contribution in [0.25, 0.3) is 10.9 Å². The highest BCUT2D eigenvalue weighted by molar-refractivity contribution is 7.98. The highest BCUT2D eigenvalue weighted by Crippen LogP contribution is 2.25. The van der Waals surface area contributed by atoms with Gasteiger partial charge in [0.25, 0.3) is 0 Å². The van der Waals surface area contributed by atoms with Crippen LogP contribution >= 0.6 is 23.4 Å². The molecular formula is C18H22ClN3O3S. The molecule has 1 aromatic carbocycles. The Morgan fingerprint density at radius 1 is 1.27 bits per heavy atom. The number of carbonyl (C=O) groups is 2. The zero-order valence-corrected chi connectivity index (χ0v) is 16.2. The van der Waals surface area contributed by atoms with E-state index in [0.29, 0.717) is 30.1 Å². The third-order valence-electron chi connectivity index (χ3n) is 3.80. The summed E-state index contributed by atoms with van der Waals surface area (Å²) in [5.41, 5.74) is 6.48. The van der Waals surface area contributed by atoms with Gasteiger partial charge in [-0.1, -0.05) is 24.1 Å². The standard InChI is InChI=1S/C18H22ClN3O3S/c1-26-14-7-6-12-9-13(17(19)22-15(12)10-14)11-25-16(23)5-3-2-4-8-21-18(20)24/h6-7,9-10H,2-5,8,11H2,1H3,(H3,20,21,24). The lowest BCUT2D eigenvalue weighted by Crippen LogP contribution is -2.29. The van der Waals surface area contributed by atoms with Crippen LogP contribution in [-0.4, -0.2) is 29.8 Å². The van der Waals surface area contributed by atoms with Crippen molar-refractivity contribution in [3.63, 3.8) is 0 Å². The minimum atomic E-state index is -0.532. The summed E-state index contributed by atoms with van der Waals surface area (Å²) in [6, 6.07) is 7.35. The monoisotopic (exact) mass is 395 g/mol. The Kier molecular flexibility index (Phi) is 8.00. The summed E-state index contributed by atoms with van der Waals surface area (Å²) in [4.78, 5) is 27.9. The van der Waals surface area contributed by atoms with Crippen molar-refractivity contribution >= 4 is 46.3 Å². The predicted octanol–water partition coefficient (Wildman–Crippen LogP) is 3.88. The Bertz CT molecular complexity index is 786. The van der Waals surface area contributed by atoms with Crippen LogP contribution < -0.4 is 11.1 Å². The molecule has 8 heteroatoms. The first-order valence-electron chi connectivity index (χ1n) is 8.31. The van der Waals surface area contributed by atoms with Crippen molar-refractivity contribution in [2.45, 2.75) is 37.2 Å². The second-order valence-electron chi connectivity index (χ2n) is 5.76.